The van der Waals surface area contributed by atoms with Crippen LogP contribution in [0, 0.1) is 13.8 Å². The average Bonchev–Trinajstić information content (AvgIpc) is 3.18. The second-order valence-electron chi connectivity index (χ2n) is 6.79. The molecule has 1 N–H and O–H groups in total. The average molecular weight is 411 g/mol. The lowest BCUT2D eigenvalue weighted by Crippen LogP contribution is -2.23. The minimum absolute atomic E-state index is 0.127. The van der Waals surface area contributed by atoms with E-state index in [1.165, 1.54) is 11.8 Å². The molecular weight excluding hydrogens is 390 g/mol. The maximum absolute atomic E-state index is 12.6. The Morgan fingerprint density at radius 1 is 1.10 bits per heavy atom. The van der Waals surface area contributed by atoms with E-state index in [1.807, 2.05) is 56.3 Å². The van der Waals surface area contributed by atoms with Crippen molar-refractivity contribution in [2.75, 3.05) is 11.9 Å². The summed E-state index contributed by atoms with van der Waals surface area (Å²) < 4.78 is 17.3. The fraction of sp³-hybridized carbons (Fsp3) is 0.286. The van der Waals surface area contributed by atoms with Crippen LogP contribution < -0.4 is 14.8 Å². The number of aromatic nitrogens is 2. The largest absolute Gasteiger partial charge is 0.485 e. The molecule has 150 valence electrons. The van der Waals surface area contributed by atoms with Crippen LogP contribution in [0.25, 0.3) is 0 Å². The summed E-state index contributed by atoms with van der Waals surface area (Å²) in [6.07, 6.45) is -0.481. The van der Waals surface area contributed by atoms with Crippen molar-refractivity contribution >= 4 is 23.4 Å². The molecule has 7 nitrogen and oxygen atoms in total. The second-order valence-corrected chi connectivity index (χ2v) is 8.08. The van der Waals surface area contributed by atoms with Gasteiger partial charge >= 0.3 is 0 Å². The van der Waals surface area contributed by atoms with Crippen molar-refractivity contribution in [1.82, 2.24) is 10.2 Å². The maximum atomic E-state index is 12.6. The lowest BCUT2D eigenvalue weighted by atomic mass is 10.1. The summed E-state index contributed by atoms with van der Waals surface area (Å²) in [6, 6.07) is 13.3. The second kappa shape index (κ2) is 8.16. The van der Waals surface area contributed by atoms with E-state index in [0.29, 0.717) is 22.6 Å². The summed E-state index contributed by atoms with van der Waals surface area (Å²) in [5.41, 5.74) is 2.87. The van der Waals surface area contributed by atoms with Gasteiger partial charge in [0.05, 0.1) is 5.25 Å². The van der Waals surface area contributed by atoms with Gasteiger partial charge in [-0.3, -0.25) is 4.79 Å². The number of carbonyl (C=O) groups is 1. The van der Waals surface area contributed by atoms with Gasteiger partial charge in [0.1, 0.15) is 6.61 Å². The van der Waals surface area contributed by atoms with E-state index >= 15 is 0 Å². The number of fused-ring (bicyclic) bond motifs is 1. The number of hydrogen-bond acceptors (Lipinski definition) is 7. The molecule has 0 spiro atoms. The molecule has 2 atom stereocenters. The molecule has 0 unspecified atom stereocenters. The topological polar surface area (TPSA) is 86.5 Å². The molecule has 4 rings (SSSR count). The molecule has 8 heteroatoms. The van der Waals surface area contributed by atoms with Crippen LogP contribution >= 0.6 is 11.8 Å². The molecule has 0 saturated heterocycles. The molecular formula is C21H21N3O4S. The van der Waals surface area contributed by atoms with E-state index in [0.717, 1.165) is 16.8 Å². The Morgan fingerprint density at radius 2 is 1.83 bits per heavy atom. The number of anilines is 1. The van der Waals surface area contributed by atoms with Crippen LogP contribution in [0.4, 0.5) is 5.69 Å². The Hall–Kier alpha value is -3.00. The van der Waals surface area contributed by atoms with Gasteiger partial charge in [-0.05, 0) is 44.0 Å². The fourth-order valence-corrected chi connectivity index (χ4v) is 3.67. The minimum Gasteiger partial charge on any atom is -0.485 e. The van der Waals surface area contributed by atoms with Gasteiger partial charge in [0.15, 0.2) is 11.5 Å². The van der Waals surface area contributed by atoms with Gasteiger partial charge in [0, 0.05) is 5.69 Å². The standard InChI is InChI=1S/C21H21N3O4S/c1-12-7-6-8-13(2)18(12)22-19(25)14(3)29-21-24-23-20(28-21)17-11-26-15-9-4-5-10-16(15)27-17/h4-10,14,17H,11H2,1-3H3,(H,22,25)/t14-,17-/m0/s1. The van der Waals surface area contributed by atoms with Gasteiger partial charge < -0.3 is 19.2 Å². The lowest BCUT2D eigenvalue weighted by molar-refractivity contribution is -0.115. The highest BCUT2D eigenvalue weighted by Crippen LogP contribution is 2.36. The zero-order valence-electron chi connectivity index (χ0n) is 16.3. The van der Waals surface area contributed by atoms with Crippen molar-refractivity contribution in [3.8, 4) is 11.5 Å². The number of thioether (sulfide) groups is 1. The van der Waals surface area contributed by atoms with Crippen LogP contribution in [0.1, 0.15) is 30.0 Å². The highest BCUT2D eigenvalue weighted by Gasteiger charge is 2.28. The predicted molar refractivity (Wildman–Crippen MR) is 109 cm³/mol. The van der Waals surface area contributed by atoms with Crippen molar-refractivity contribution in [1.29, 1.82) is 0 Å². The van der Waals surface area contributed by atoms with Gasteiger partial charge in [-0.1, -0.05) is 42.1 Å². The molecule has 0 saturated carbocycles. The molecule has 1 aliphatic heterocycles. The Balaban J connectivity index is 1.39. The molecule has 2 aromatic carbocycles. The first-order chi connectivity index (χ1) is 14.0. The van der Waals surface area contributed by atoms with Gasteiger partial charge in [0.25, 0.3) is 11.1 Å². The molecule has 2 heterocycles. The van der Waals surface area contributed by atoms with Crippen molar-refractivity contribution in [2.45, 2.75) is 37.3 Å². The Kier molecular flexibility index (Phi) is 5.44. The first kappa shape index (κ1) is 19.3. The van der Waals surface area contributed by atoms with Crippen LogP contribution in [-0.2, 0) is 4.79 Å². The monoisotopic (exact) mass is 411 g/mol. The fourth-order valence-electron chi connectivity index (χ4n) is 2.98. The number of carbonyl (C=O) groups excluding carboxylic acids is 1. The smallest absolute Gasteiger partial charge is 0.277 e. The highest BCUT2D eigenvalue weighted by molar-refractivity contribution is 8.00. The first-order valence-corrected chi connectivity index (χ1v) is 10.1. The van der Waals surface area contributed by atoms with E-state index in [1.54, 1.807) is 6.92 Å². The van der Waals surface area contributed by atoms with E-state index < -0.39 is 11.4 Å². The van der Waals surface area contributed by atoms with E-state index in [2.05, 4.69) is 15.5 Å². The van der Waals surface area contributed by atoms with Gasteiger partial charge in [-0.2, -0.15) is 0 Å². The summed E-state index contributed by atoms with van der Waals surface area (Å²) in [6.45, 7) is 6.02. The maximum Gasteiger partial charge on any atom is 0.277 e. The van der Waals surface area contributed by atoms with E-state index in [4.69, 9.17) is 13.9 Å². The number of hydrogen-bond donors (Lipinski definition) is 1. The van der Waals surface area contributed by atoms with E-state index in [-0.39, 0.29) is 12.5 Å². The SMILES string of the molecule is Cc1cccc(C)c1NC(=O)[C@H](C)Sc1nnc([C@@H]2COc3ccccc3O2)o1. The molecule has 1 amide bonds. The molecule has 29 heavy (non-hydrogen) atoms. The summed E-state index contributed by atoms with van der Waals surface area (Å²) in [7, 11) is 0. The molecule has 0 radical (unpaired) electrons. The zero-order chi connectivity index (χ0) is 20.4. The summed E-state index contributed by atoms with van der Waals surface area (Å²) >= 11 is 1.20. The van der Waals surface area contributed by atoms with Crippen LogP contribution in [0.5, 0.6) is 11.5 Å². The van der Waals surface area contributed by atoms with Crippen molar-refractivity contribution in [3.05, 3.63) is 59.5 Å². The number of benzene rings is 2. The number of nitrogens with zero attached hydrogens (tertiary/aromatic N) is 2. The van der Waals surface area contributed by atoms with Gasteiger partial charge in [-0.15, -0.1) is 10.2 Å². The van der Waals surface area contributed by atoms with Crippen molar-refractivity contribution in [3.63, 3.8) is 0 Å². The number of para-hydroxylation sites is 3. The lowest BCUT2D eigenvalue weighted by Gasteiger charge is -2.23. The number of aryl methyl sites for hydroxylation is 2. The van der Waals surface area contributed by atoms with Crippen LogP contribution in [0.15, 0.2) is 52.1 Å². The summed E-state index contributed by atoms with van der Waals surface area (Å²) in [5.74, 6) is 1.52. The molecule has 0 aliphatic carbocycles. The van der Waals surface area contributed by atoms with Crippen molar-refractivity contribution in [2.24, 2.45) is 0 Å². The molecule has 0 fully saturated rings. The van der Waals surface area contributed by atoms with Gasteiger partial charge in [-0.25, -0.2) is 0 Å². The Morgan fingerprint density at radius 3 is 2.59 bits per heavy atom. The van der Waals surface area contributed by atoms with Gasteiger partial charge in [0.2, 0.25) is 12.0 Å². The minimum atomic E-state index is -0.481. The molecule has 0 bridgehead atoms. The predicted octanol–water partition coefficient (Wildman–Crippen LogP) is 4.32. The normalized spacial score (nSPS) is 16.3. The molecule has 3 aromatic rings. The molecule has 1 aliphatic rings. The van der Waals surface area contributed by atoms with Crippen LogP contribution in [0.2, 0.25) is 0 Å². The Bertz CT molecular complexity index is 1020. The third-order valence-electron chi connectivity index (χ3n) is 4.58. The Labute approximate surface area is 172 Å². The number of ether oxygens (including phenoxy) is 2. The third-order valence-corrected chi connectivity index (χ3v) is 5.52. The molecule has 1 aromatic heterocycles. The zero-order valence-corrected chi connectivity index (χ0v) is 17.2. The van der Waals surface area contributed by atoms with Crippen LogP contribution in [0.3, 0.4) is 0 Å². The number of amides is 1. The third kappa shape index (κ3) is 4.22. The van der Waals surface area contributed by atoms with Crippen LogP contribution in [-0.4, -0.2) is 28.0 Å². The quantitative estimate of drug-likeness (QED) is 0.626. The number of rotatable bonds is 5. The summed E-state index contributed by atoms with van der Waals surface area (Å²) in [5, 5.41) is 11.0. The highest BCUT2D eigenvalue weighted by atomic mass is 32.2. The first-order valence-electron chi connectivity index (χ1n) is 9.27. The van der Waals surface area contributed by atoms with Crippen molar-refractivity contribution < 1.29 is 18.7 Å². The summed E-state index contributed by atoms with van der Waals surface area (Å²) in [4.78, 5) is 12.6. The van der Waals surface area contributed by atoms with E-state index in [9.17, 15) is 4.79 Å². The number of nitrogens with one attached hydrogen (secondary N) is 1.